The Morgan fingerprint density at radius 3 is 2.60 bits per heavy atom. The summed E-state index contributed by atoms with van der Waals surface area (Å²) in [7, 11) is 0. The number of nitrogens with zero attached hydrogens (tertiary/aromatic N) is 1. The molecule has 1 N–H and O–H groups in total. The van der Waals surface area contributed by atoms with Gasteiger partial charge in [-0.1, -0.05) is 36.4 Å². The fraction of sp³-hybridized carbons (Fsp3) is 0.150. The van der Waals surface area contributed by atoms with Crippen LogP contribution in [0.25, 0.3) is 10.6 Å². The van der Waals surface area contributed by atoms with Crippen molar-refractivity contribution in [1.29, 1.82) is 0 Å². The minimum atomic E-state index is -0.126. The maximum Gasteiger partial charge on any atom is 0.220 e. The van der Waals surface area contributed by atoms with Gasteiger partial charge in [-0.3, -0.25) is 14.6 Å². The van der Waals surface area contributed by atoms with E-state index in [0.29, 0.717) is 12.1 Å². The van der Waals surface area contributed by atoms with Crippen LogP contribution in [-0.2, 0) is 11.3 Å². The molecule has 3 rings (SSSR count). The second-order valence-electron chi connectivity index (χ2n) is 5.59. The molecule has 1 aromatic carbocycles. The maximum atomic E-state index is 12.0. The van der Waals surface area contributed by atoms with Crippen LogP contribution in [0.4, 0.5) is 0 Å². The molecule has 126 valence electrons. The lowest BCUT2D eigenvalue weighted by Gasteiger charge is -2.06. The molecule has 3 aromatic rings. The first-order valence-electron chi connectivity index (χ1n) is 8.06. The quantitative estimate of drug-likeness (QED) is 0.653. The zero-order valence-corrected chi connectivity index (χ0v) is 14.5. The standard InChI is InChI=1S/C20H18N2O2S/c23-18(16-5-2-1-3-6-16)8-9-20(24)22-14-15-10-11-21-17(13-15)19-7-4-12-25-19/h1-7,10-13H,8-9,14H2,(H,22,24). The molecule has 0 aliphatic rings. The summed E-state index contributed by atoms with van der Waals surface area (Å²) in [6.45, 7) is 0.430. The van der Waals surface area contributed by atoms with Crippen molar-refractivity contribution >= 4 is 23.0 Å². The molecule has 0 saturated carbocycles. The Labute approximate surface area is 150 Å². The van der Waals surface area contributed by atoms with Crippen LogP contribution < -0.4 is 5.32 Å². The van der Waals surface area contributed by atoms with Crippen LogP contribution in [0, 0.1) is 0 Å². The molecule has 0 radical (unpaired) electrons. The van der Waals surface area contributed by atoms with E-state index >= 15 is 0 Å². The van der Waals surface area contributed by atoms with Gasteiger partial charge in [-0.2, -0.15) is 0 Å². The van der Waals surface area contributed by atoms with Crippen LogP contribution in [0.2, 0.25) is 0 Å². The number of pyridine rings is 1. The van der Waals surface area contributed by atoms with Crippen LogP contribution in [0.3, 0.4) is 0 Å². The van der Waals surface area contributed by atoms with Gasteiger partial charge < -0.3 is 5.32 Å². The number of ketones is 1. The SMILES string of the molecule is O=C(CCC(=O)c1ccccc1)NCc1ccnc(-c2cccs2)c1. The third-order valence-electron chi connectivity index (χ3n) is 3.76. The molecule has 0 atom stereocenters. The third kappa shape index (κ3) is 4.84. The fourth-order valence-corrected chi connectivity index (χ4v) is 3.12. The molecule has 2 heterocycles. The Balaban J connectivity index is 1.49. The van der Waals surface area contributed by atoms with Crippen molar-refractivity contribution in [3.8, 4) is 10.6 Å². The van der Waals surface area contributed by atoms with Crippen molar-refractivity contribution < 1.29 is 9.59 Å². The molecule has 0 aliphatic heterocycles. The number of carbonyl (C=O) groups is 2. The Morgan fingerprint density at radius 1 is 1.00 bits per heavy atom. The largest absolute Gasteiger partial charge is 0.352 e. The Kier molecular flexibility index (Phi) is 5.69. The van der Waals surface area contributed by atoms with Gasteiger partial charge in [-0.25, -0.2) is 0 Å². The third-order valence-corrected chi connectivity index (χ3v) is 4.65. The van der Waals surface area contributed by atoms with Gasteiger partial charge >= 0.3 is 0 Å². The Morgan fingerprint density at radius 2 is 1.84 bits per heavy atom. The first kappa shape index (κ1) is 17.0. The first-order chi connectivity index (χ1) is 12.2. The van der Waals surface area contributed by atoms with E-state index in [1.165, 1.54) is 0 Å². The average Bonchev–Trinajstić information content (AvgIpc) is 3.20. The lowest BCUT2D eigenvalue weighted by atomic mass is 10.1. The average molecular weight is 350 g/mol. The van der Waals surface area contributed by atoms with Crippen molar-refractivity contribution in [2.45, 2.75) is 19.4 Å². The number of aromatic nitrogens is 1. The van der Waals surface area contributed by atoms with Gasteiger partial charge in [0.25, 0.3) is 0 Å². The molecule has 0 spiro atoms. The van der Waals surface area contributed by atoms with E-state index in [9.17, 15) is 9.59 Å². The highest BCUT2D eigenvalue weighted by Gasteiger charge is 2.09. The molecule has 0 saturated heterocycles. The number of Topliss-reactive ketones (excluding diaryl/α,β-unsaturated/α-hetero) is 1. The van der Waals surface area contributed by atoms with Crippen molar-refractivity contribution in [1.82, 2.24) is 10.3 Å². The number of amides is 1. The van der Waals surface area contributed by atoms with Gasteiger partial charge in [0.2, 0.25) is 5.91 Å². The number of hydrogen-bond acceptors (Lipinski definition) is 4. The topological polar surface area (TPSA) is 59.1 Å². The lowest BCUT2D eigenvalue weighted by Crippen LogP contribution is -2.23. The number of thiophene rings is 1. The van der Waals surface area contributed by atoms with E-state index in [-0.39, 0.29) is 24.5 Å². The molecule has 5 heteroatoms. The maximum absolute atomic E-state index is 12.0. The van der Waals surface area contributed by atoms with E-state index < -0.39 is 0 Å². The van der Waals surface area contributed by atoms with E-state index in [0.717, 1.165) is 16.1 Å². The van der Waals surface area contributed by atoms with Crippen LogP contribution in [0.1, 0.15) is 28.8 Å². The number of hydrogen-bond donors (Lipinski definition) is 1. The first-order valence-corrected chi connectivity index (χ1v) is 8.94. The van der Waals surface area contributed by atoms with E-state index in [4.69, 9.17) is 0 Å². The van der Waals surface area contributed by atoms with E-state index in [1.54, 1.807) is 29.7 Å². The predicted octanol–water partition coefficient (Wildman–Crippen LogP) is 4.09. The van der Waals surface area contributed by atoms with Crippen LogP contribution in [0.5, 0.6) is 0 Å². The lowest BCUT2D eigenvalue weighted by molar-refractivity contribution is -0.121. The summed E-state index contributed by atoms with van der Waals surface area (Å²) in [6.07, 6.45) is 2.15. The Hall–Kier alpha value is -2.79. The summed E-state index contributed by atoms with van der Waals surface area (Å²) in [6, 6.07) is 16.9. The monoisotopic (exact) mass is 350 g/mol. The number of nitrogens with one attached hydrogen (secondary N) is 1. The van der Waals surface area contributed by atoms with Crippen molar-refractivity contribution in [2.75, 3.05) is 0 Å². The van der Waals surface area contributed by atoms with Crippen molar-refractivity contribution in [3.63, 3.8) is 0 Å². The zero-order valence-electron chi connectivity index (χ0n) is 13.6. The molecule has 0 fully saturated rings. The van der Waals surface area contributed by atoms with Gasteiger partial charge in [-0.05, 0) is 29.1 Å². The molecular weight excluding hydrogens is 332 g/mol. The van der Waals surface area contributed by atoms with E-state index in [2.05, 4.69) is 10.3 Å². The number of carbonyl (C=O) groups excluding carboxylic acids is 2. The van der Waals surface area contributed by atoms with Crippen LogP contribution in [0.15, 0.2) is 66.2 Å². The fourth-order valence-electron chi connectivity index (χ4n) is 2.43. The second kappa shape index (κ2) is 8.35. The highest BCUT2D eigenvalue weighted by atomic mass is 32.1. The van der Waals surface area contributed by atoms with Crippen molar-refractivity contribution in [3.05, 3.63) is 77.3 Å². The van der Waals surface area contributed by atoms with Gasteiger partial charge in [0.05, 0.1) is 10.6 Å². The summed E-state index contributed by atoms with van der Waals surface area (Å²) in [5.74, 6) is -0.140. The summed E-state index contributed by atoms with van der Waals surface area (Å²) in [5, 5.41) is 4.87. The van der Waals surface area contributed by atoms with E-state index in [1.807, 2.05) is 47.8 Å². The van der Waals surface area contributed by atoms with Gasteiger partial charge in [0.15, 0.2) is 5.78 Å². The Bertz CT molecular complexity index is 845. The van der Waals surface area contributed by atoms with Crippen molar-refractivity contribution in [2.24, 2.45) is 0 Å². The minimum Gasteiger partial charge on any atom is -0.352 e. The molecular formula is C20H18N2O2S. The number of rotatable bonds is 7. The van der Waals surface area contributed by atoms with Crippen LogP contribution >= 0.6 is 11.3 Å². The highest BCUT2D eigenvalue weighted by molar-refractivity contribution is 7.13. The summed E-state index contributed by atoms with van der Waals surface area (Å²) >= 11 is 1.63. The normalized spacial score (nSPS) is 10.4. The molecule has 0 unspecified atom stereocenters. The molecule has 1 amide bonds. The second-order valence-corrected chi connectivity index (χ2v) is 6.54. The predicted molar refractivity (Wildman–Crippen MR) is 99.4 cm³/mol. The molecule has 0 aliphatic carbocycles. The molecule has 0 bridgehead atoms. The molecule has 2 aromatic heterocycles. The summed E-state index contributed by atoms with van der Waals surface area (Å²) < 4.78 is 0. The van der Waals surface area contributed by atoms with Gasteiger partial charge in [-0.15, -0.1) is 11.3 Å². The minimum absolute atomic E-state index is 0.0142. The van der Waals surface area contributed by atoms with Gasteiger partial charge in [0, 0.05) is 31.1 Å². The van der Waals surface area contributed by atoms with Gasteiger partial charge in [0.1, 0.15) is 0 Å². The molecule has 25 heavy (non-hydrogen) atoms. The smallest absolute Gasteiger partial charge is 0.220 e. The van der Waals surface area contributed by atoms with Crippen LogP contribution in [-0.4, -0.2) is 16.7 Å². The number of benzene rings is 1. The summed E-state index contributed by atoms with van der Waals surface area (Å²) in [5.41, 5.74) is 2.53. The summed E-state index contributed by atoms with van der Waals surface area (Å²) in [4.78, 5) is 29.5. The molecule has 4 nitrogen and oxygen atoms in total. The zero-order chi connectivity index (χ0) is 17.5. The highest BCUT2D eigenvalue weighted by Crippen LogP contribution is 2.22.